The molecule has 4 heteroatoms. The average Bonchev–Trinajstić information content (AvgIpc) is 2.88. The van der Waals surface area contributed by atoms with Crippen molar-refractivity contribution in [3.8, 4) is 0 Å². The highest BCUT2D eigenvalue weighted by atomic mass is 16.3. The summed E-state index contributed by atoms with van der Waals surface area (Å²) in [6.45, 7) is 3.67. The first-order valence-corrected chi connectivity index (χ1v) is 6.51. The average molecular weight is 228 g/mol. The van der Waals surface area contributed by atoms with Crippen molar-refractivity contribution < 1.29 is 10.2 Å². The number of nitrogens with one attached hydrogen (secondary N) is 1. The first-order valence-electron chi connectivity index (χ1n) is 6.51. The van der Waals surface area contributed by atoms with Crippen molar-refractivity contribution in [2.75, 3.05) is 32.8 Å². The van der Waals surface area contributed by atoms with Crippen LogP contribution in [0.1, 0.15) is 32.1 Å². The summed E-state index contributed by atoms with van der Waals surface area (Å²) in [6.07, 6.45) is 5.28. The molecule has 4 nitrogen and oxygen atoms in total. The summed E-state index contributed by atoms with van der Waals surface area (Å²) in [7, 11) is 0. The molecular formula is C12H24N2O2. The number of hydrogen-bond donors (Lipinski definition) is 3. The van der Waals surface area contributed by atoms with Crippen molar-refractivity contribution in [2.45, 2.75) is 43.7 Å². The van der Waals surface area contributed by atoms with Gasteiger partial charge in [0.2, 0.25) is 0 Å². The molecule has 2 rings (SSSR count). The number of nitrogens with zero attached hydrogens (tertiary/aromatic N) is 1. The van der Waals surface area contributed by atoms with Gasteiger partial charge in [0.05, 0.1) is 12.2 Å². The highest BCUT2D eigenvalue weighted by Crippen LogP contribution is 2.31. The van der Waals surface area contributed by atoms with Crippen LogP contribution in [0.25, 0.3) is 0 Å². The van der Waals surface area contributed by atoms with Crippen molar-refractivity contribution in [2.24, 2.45) is 0 Å². The van der Waals surface area contributed by atoms with Gasteiger partial charge >= 0.3 is 0 Å². The first-order chi connectivity index (χ1) is 7.73. The molecule has 0 aromatic rings. The molecule has 0 aromatic carbocycles. The van der Waals surface area contributed by atoms with E-state index in [1.54, 1.807) is 0 Å². The van der Waals surface area contributed by atoms with Gasteiger partial charge in [-0.3, -0.25) is 4.90 Å². The normalized spacial score (nSPS) is 29.1. The summed E-state index contributed by atoms with van der Waals surface area (Å²) in [6, 6.07) is 0.497. The van der Waals surface area contributed by atoms with Crippen molar-refractivity contribution in [1.82, 2.24) is 10.2 Å². The summed E-state index contributed by atoms with van der Waals surface area (Å²) in [5, 5.41) is 22.9. The Bertz CT molecular complexity index is 211. The van der Waals surface area contributed by atoms with Crippen LogP contribution in [0.5, 0.6) is 0 Å². The molecule has 1 saturated carbocycles. The summed E-state index contributed by atoms with van der Waals surface area (Å²) in [5.74, 6) is 0. The largest absolute Gasteiger partial charge is 0.395 e. The van der Waals surface area contributed by atoms with Crippen LogP contribution in [-0.4, -0.2) is 59.5 Å². The van der Waals surface area contributed by atoms with Crippen LogP contribution in [0.3, 0.4) is 0 Å². The lowest BCUT2D eigenvalue weighted by Crippen LogP contribution is -2.48. The van der Waals surface area contributed by atoms with Gasteiger partial charge in [-0.25, -0.2) is 0 Å². The summed E-state index contributed by atoms with van der Waals surface area (Å²) in [4.78, 5) is 2.27. The highest BCUT2D eigenvalue weighted by Gasteiger charge is 2.35. The third-order valence-corrected chi connectivity index (χ3v) is 3.97. The molecule has 1 heterocycles. The van der Waals surface area contributed by atoms with Crippen LogP contribution >= 0.6 is 0 Å². The summed E-state index contributed by atoms with van der Waals surface area (Å²) >= 11 is 0. The topological polar surface area (TPSA) is 55.7 Å². The maximum absolute atomic E-state index is 10.4. The number of aliphatic hydroxyl groups excluding tert-OH is 1. The minimum Gasteiger partial charge on any atom is -0.395 e. The van der Waals surface area contributed by atoms with Crippen molar-refractivity contribution in [1.29, 1.82) is 0 Å². The van der Waals surface area contributed by atoms with Gasteiger partial charge in [0.1, 0.15) is 0 Å². The zero-order valence-electron chi connectivity index (χ0n) is 9.99. The van der Waals surface area contributed by atoms with Crippen molar-refractivity contribution in [3.63, 3.8) is 0 Å². The van der Waals surface area contributed by atoms with E-state index in [1.807, 2.05) is 0 Å². The van der Waals surface area contributed by atoms with E-state index in [0.29, 0.717) is 12.6 Å². The van der Waals surface area contributed by atoms with Crippen LogP contribution in [0.15, 0.2) is 0 Å². The summed E-state index contributed by atoms with van der Waals surface area (Å²) < 4.78 is 0. The van der Waals surface area contributed by atoms with Gasteiger partial charge in [-0.1, -0.05) is 12.8 Å². The zero-order chi connectivity index (χ0) is 11.4. The van der Waals surface area contributed by atoms with Gasteiger partial charge in [0.15, 0.2) is 0 Å². The fourth-order valence-corrected chi connectivity index (χ4v) is 3.04. The molecule has 2 aliphatic rings. The number of aliphatic hydroxyl groups is 2. The molecule has 0 spiro atoms. The van der Waals surface area contributed by atoms with Gasteiger partial charge < -0.3 is 15.5 Å². The third kappa shape index (κ3) is 2.94. The molecule has 0 radical (unpaired) electrons. The molecule has 3 N–H and O–H groups in total. The lowest BCUT2D eigenvalue weighted by molar-refractivity contribution is -0.00571. The van der Waals surface area contributed by atoms with Gasteiger partial charge in [-0.05, 0) is 25.8 Å². The number of rotatable bonds is 5. The van der Waals surface area contributed by atoms with Crippen LogP contribution in [-0.2, 0) is 0 Å². The van der Waals surface area contributed by atoms with Gasteiger partial charge in [0, 0.05) is 25.7 Å². The maximum Gasteiger partial charge on any atom is 0.0774 e. The molecule has 2 fully saturated rings. The third-order valence-electron chi connectivity index (χ3n) is 3.97. The van der Waals surface area contributed by atoms with Crippen LogP contribution in [0, 0.1) is 0 Å². The Labute approximate surface area is 97.6 Å². The van der Waals surface area contributed by atoms with Crippen molar-refractivity contribution in [3.05, 3.63) is 0 Å². The van der Waals surface area contributed by atoms with Crippen molar-refractivity contribution >= 4 is 0 Å². The van der Waals surface area contributed by atoms with E-state index in [2.05, 4.69) is 10.2 Å². The fraction of sp³-hybridized carbons (Fsp3) is 1.00. The van der Waals surface area contributed by atoms with E-state index >= 15 is 0 Å². The minimum atomic E-state index is -0.488. The standard InChI is InChI=1S/C12H24N2O2/c15-8-7-14(11-3-6-13-9-11)10-12(16)4-1-2-5-12/h11,13,15-16H,1-10H2. The lowest BCUT2D eigenvalue weighted by atomic mass is 10.0. The highest BCUT2D eigenvalue weighted by molar-refractivity contribution is 4.91. The second-order valence-electron chi connectivity index (χ2n) is 5.27. The SMILES string of the molecule is OCCN(CC1(O)CCCC1)C1CCNC1. The maximum atomic E-state index is 10.4. The van der Waals surface area contributed by atoms with E-state index in [1.165, 1.54) is 0 Å². The molecule has 1 unspecified atom stereocenters. The van der Waals surface area contributed by atoms with E-state index < -0.39 is 5.60 Å². The molecule has 16 heavy (non-hydrogen) atoms. The van der Waals surface area contributed by atoms with E-state index in [4.69, 9.17) is 5.11 Å². The van der Waals surface area contributed by atoms with E-state index in [9.17, 15) is 5.11 Å². The molecule has 1 saturated heterocycles. The molecule has 1 aliphatic heterocycles. The quantitative estimate of drug-likeness (QED) is 0.617. The minimum absolute atomic E-state index is 0.187. The Kier molecular flexibility index (Phi) is 4.19. The fourth-order valence-electron chi connectivity index (χ4n) is 3.04. The van der Waals surface area contributed by atoms with Gasteiger partial charge in [0.25, 0.3) is 0 Å². The Balaban J connectivity index is 1.90. The van der Waals surface area contributed by atoms with Crippen LogP contribution in [0.2, 0.25) is 0 Å². The van der Waals surface area contributed by atoms with Gasteiger partial charge in [-0.15, -0.1) is 0 Å². The molecular weight excluding hydrogens is 204 g/mol. The molecule has 1 aliphatic carbocycles. The molecule has 0 aromatic heterocycles. The second-order valence-corrected chi connectivity index (χ2v) is 5.27. The Morgan fingerprint density at radius 2 is 2.06 bits per heavy atom. The number of hydrogen-bond acceptors (Lipinski definition) is 4. The van der Waals surface area contributed by atoms with Crippen LogP contribution < -0.4 is 5.32 Å². The second kappa shape index (κ2) is 5.45. The zero-order valence-corrected chi connectivity index (χ0v) is 9.99. The Morgan fingerprint density at radius 3 is 2.62 bits per heavy atom. The monoisotopic (exact) mass is 228 g/mol. The molecule has 1 atom stereocenters. The first kappa shape index (κ1) is 12.3. The smallest absolute Gasteiger partial charge is 0.0774 e. The molecule has 0 amide bonds. The van der Waals surface area contributed by atoms with E-state index in [-0.39, 0.29) is 6.61 Å². The van der Waals surface area contributed by atoms with Gasteiger partial charge in [-0.2, -0.15) is 0 Å². The summed E-state index contributed by atoms with van der Waals surface area (Å²) in [5.41, 5.74) is -0.488. The van der Waals surface area contributed by atoms with E-state index in [0.717, 1.165) is 51.7 Å². The Morgan fingerprint density at radius 1 is 1.31 bits per heavy atom. The molecule has 94 valence electrons. The predicted molar refractivity (Wildman–Crippen MR) is 63.4 cm³/mol. The lowest BCUT2D eigenvalue weighted by Gasteiger charge is -2.34. The molecule has 0 bridgehead atoms. The predicted octanol–water partition coefficient (Wildman–Crippen LogP) is -0.0523. The Hall–Kier alpha value is -0.160. The van der Waals surface area contributed by atoms with Crippen LogP contribution in [0.4, 0.5) is 0 Å².